The predicted molar refractivity (Wildman–Crippen MR) is 54.0 cm³/mol. The highest BCUT2D eigenvalue weighted by molar-refractivity contribution is 6.30. The summed E-state index contributed by atoms with van der Waals surface area (Å²) in [6.45, 7) is 2.03. The second-order valence-electron chi connectivity index (χ2n) is 2.81. The fourth-order valence-electron chi connectivity index (χ4n) is 1.14. The van der Waals surface area contributed by atoms with E-state index in [1.165, 1.54) is 4.52 Å². The number of hydrogen-bond acceptors (Lipinski definition) is 4. The van der Waals surface area contributed by atoms with Crippen LogP contribution in [0.2, 0.25) is 5.02 Å². The van der Waals surface area contributed by atoms with Gasteiger partial charge in [-0.2, -0.15) is 0 Å². The first-order valence-corrected chi connectivity index (χ1v) is 4.77. The van der Waals surface area contributed by atoms with E-state index in [0.29, 0.717) is 17.3 Å². The predicted octanol–water partition coefficient (Wildman–Crippen LogP) is 1.56. The lowest BCUT2D eigenvalue weighted by Gasteiger charge is -1.93. The van der Waals surface area contributed by atoms with Crippen LogP contribution in [0, 0.1) is 0 Å². The Balaban J connectivity index is 2.42. The van der Waals surface area contributed by atoms with Gasteiger partial charge in [-0.1, -0.05) is 11.6 Å². The fraction of sp³-hybridized carbons (Fsp3) is 0.222. The van der Waals surface area contributed by atoms with Gasteiger partial charge >= 0.3 is 5.97 Å². The number of ether oxygens (including phenoxy) is 1. The lowest BCUT2D eigenvalue weighted by atomic mass is 10.5. The SMILES string of the molecule is CCOC(=O)c1nc2ccc(Cl)cn2n1. The van der Waals surface area contributed by atoms with E-state index in [1.54, 1.807) is 25.3 Å². The molecule has 0 amide bonds. The summed E-state index contributed by atoms with van der Waals surface area (Å²) < 4.78 is 6.22. The maximum Gasteiger partial charge on any atom is 0.378 e. The van der Waals surface area contributed by atoms with Crippen LogP contribution in [0.3, 0.4) is 0 Å². The number of nitrogens with zero attached hydrogens (tertiary/aromatic N) is 3. The van der Waals surface area contributed by atoms with Crippen molar-refractivity contribution in [3.05, 3.63) is 29.2 Å². The molecule has 2 rings (SSSR count). The zero-order valence-corrected chi connectivity index (χ0v) is 8.73. The molecule has 2 aromatic rings. The van der Waals surface area contributed by atoms with Crippen molar-refractivity contribution in [2.45, 2.75) is 6.92 Å². The highest BCUT2D eigenvalue weighted by Gasteiger charge is 2.13. The Morgan fingerprint density at radius 3 is 3.13 bits per heavy atom. The molecule has 0 aliphatic rings. The second-order valence-corrected chi connectivity index (χ2v) is 3.24. The fourth-order valence-corrected chi connectivity index (χ4v) is 1.30. The van der Waals surface area contributed by atoms with E-state index in [0.717, 1.165) is 0 Å². The molecule has 2 aromatic heterocycles. The number of fused-ring (bicyclic) bond motifs is 1. The van der Waals surface area contributed by atoms with Crippen molar-refractivity contribution in [1.82, 2.24) is 14.6 Å². The smallest absolute Gasteiger partial charge is 0.378 e. The van der Waals surface area contributed by atoms with Gasteiger partial charge in [-0.25, -0.2) is 14.3 Å². The molecule has 0 saturated heterocycles. The van der Waals surface area contributed by atoms with E-state index in [9.17, 15) is 4.79 Å². The third-order valence-corrected chi connectivity index (χ3v) is 1.98. The number of rotatable bonds is 2. The molecule has 0 bridgehead atoms. The van der Waals surface area contributed by atoms with Crippen LogP contribution in [0.1, 0.15) is 17.5 Å². The van der Waals surface area contributed by atoms with Gasteiger partial charge in [0.15, 0.2) is 5.65 Å². The van der Waals surface area contributed by atoms with Gasteiger partial charge in [0.1, 0.15) is 0 Å². The number of carbonyl (C=O) groups is 1. The molecule has 15 heavy (non-hydrogen) atoms. The first-order chi connectivity index (χ1) is 7.20. The number of esters is 1. The van der Waals surface area contributed by atoms with Crippen molar-refractivity contribution >= 4 is 23.2 Å². The van der Waals surface area contributed by atoms with Gasteiger partial charge in [0, 0.05) is 6.20 Å². The molecule has 0 fully saturated rings. The molecule has 5 nitrogen and oxygen atoms in total. The van der Waals surface area contributed by atoms with Crippen molar-refractivity contribution in [3.63, 3.8) is 0 Å². The Bertz CT molecular complexity index is 509. The largest absolute Gasteiger partial charge is 0.460 e. The van der Waals surface area contributed by atoms with E-state index in [1.807, 2.05) is 0 Å². The Hall–Kier alpha value is -1.62. The number of halogens is 1. The molecule has 78 valence electrons. The van der Waals surface area contributed by atoms with Crippen LogP contribution >= 0.6 is 11.6 Å². The molecule has 0 aromatic carbocycles. The summed E-state index contributed by atoms with van der Waals surface area (Å²) in [6, 6.07) is 3.36. The number of aromatic nitrogens is 3. The minimum Gasteiger partial charge on any atom is -0.460 e. The highest BCUT2D eigenvalue weighted by Crippen LogP contribution is 2.09. The number of carbonyl (C=O) groups excluding carboxylic acids is 1. The van der Waals surface area contributed by atoms with Crippen molar-refractivity contribution in [1.29, 1.82) is 0 Å². The van der Waals surface area contributed by atoms with Gasteiger partial charge in [-0.3, -0.25) is 0 Å². The molecule has 0 aliphatic carbocycles. The maximum atomic E-state index is 11.3. The van der Waals surface area contributed by atoms with Gasteiger partial charge < -0.3 is 4.74 Å². The standard InChI is InChI=1S/C9H8ClN3O2/c1-2-15-9(14)8-11-7-4-3-6(10)5-13(7)12-8/h3-5H,2H2,1H3. The molecule has 2 heterocycles. The topological polar surface area (TPSA) is 56.5 Å². The molecule has 0 unspecified atom stereocenters. The van der Waals surface area contributed by atoms with Gasteiger partial charge in [0.25, 0.3) is 5.82 Å². The van der Waals surface area contributed by atoms with Crippen molar-refractivity contribution in [2.24, 2.45) is 0 Å². The van der Waals surface area contributed by atoms with E-state index in [-0.39, 0.29) is 5.82 Å². The van der Waals surface area contributed by atoms with Gasteiger partial charge in [0.05, 0.1) is 11.6 Å². The monoisotopic (exact) mass is 225 g/mol. The van der Waals surface area contributed by atoms with Crippen LogP contribution in [-0.4, -0.2) is 27.2 Å². The summed E-state index contributed by atoms with van der Waals surface area (Å²) in [5.74, 6) is -0.489. The van der Waals surface area contributed by atoms with Crippen molar-refractivity contribution < 1.29 is 9.53 Å². The Kier molecular flexibility index (Phi) is 2.55. The quantitative estimate of drug-likeness (QED) is 0.728. The van der Waals surface area contributed by atoms with E-state index in [4.69, 9.17) is 16.3 Å². The lowest BCUT2D eigenvalue weighted by Crippen LogP contribution is -2.06. The Morgan fingerprint density at radius 2 is 2.40 bits per heavy atom. The van der Waals surface area contributed by atoms with Crippen LogP contribution in [0.5, 0.6) is 0 Å². The van der Waals surface area contributed by atoms with Gasteiger partial charge in [-0.15, -0.1) is 5.10 Å². The second kappa shape index (κ2) is 3.86. The summed E-state index contributed by atoms with van der Waals surface area (Å²) in [5, 5.41) is 4.47. The minimum atomic E-state index is -0.530. The van der Waals surface area contributed by atoms with Gasteiger partial charge in [0.2, 0.25) is 0 Å². The highest BCUT2D eigenvalue weighted by atomic mass is 35.5. The van der Waals surface area contributed by atoms with Crippen LogP contribution in [0.15, 0.2) is 18.3 Å². The third-order valence-electron chi connectivity index (χ3n) is 1.75. The molecule has 0 radical (unpaired) electrons. The molecule has 0 saturated carbocycles. The molecule has 6 heteroatoms. The van der Waals surface area contributed by atoms with Crippen LogP contribution in [-0.2, 0) is 4.74 Å². The maximum absolute atomic E-state index is 11.3. The lowest BCUT2D eigenvalue weighted by molar-refractivity contribution is 0.0512. The molecular weight excluding hydrogens is 218 g/mol. The zero-order valence-electron chi connectivity index (χ0n) is 7.98. The number of hydrogen-bond donors (Lipinski definition) is 0. The molecule has 0 aliphatic heterocycles. The van der Waals surface area contributed by atoms with Crippen LogP contribution in [0.25, 0.3) is 5.65 Å². The average Bonchev–Trinajstić information content (AvgIpc) is 2.60. The van der Waals surface area contributed by atoms with Crippen LogP contribution < -0.4 is 0 Å². The van der Waals surface area contributed by atoms with Gasteiger partial charge in [-0.05, 0) is 19.1 Å². The molecule has 0 N–H and O–H groups in total. The Morgan fingerprint density at radius 1 is 1.60 bits per heavy atom. The first-order valence-electron chi connectivity index (χ1n) is 4.39. The first kappa shape index (κ1) is 9.92. The minimum absolute atomic E-state index is 0.0408. The molecule has 0 atom stereocenters. The summed E-state index contributed by atoms with van der Waals surface area (Å²) >= 11 is 5.76. The number of pyridine rings is 1. The molecule has 0 spiro atoms. The molecular formula is C9H8ClN3O2. The Labute approximate surface area is 90.6 Å². The van der Waals surface area contributed by atoms with E-state index in [2.05, 4.69) is 10.1 Å². The summed E-state index contributed by atoms with van der Waals surface area (Å²) in [5.41, 5.74) is 0.558. The van der Waals surface area contributed by atoms with Crippen molar-refractivity contribution in [2.75, 3.05) is 6.61 Å². The third kappa shape index (κ3) is 1.92. The normalized spacial score (nSPS) is 10.5. The summed E-state index contributed by atoms with van der Waals surface area (Å²) in [7, 11) is 0. The zero-order chi connectivity index (χ0) is 10.8. The van der Waals surface area contributed by atoms with E-state index < -0.39 is 5.97 Å². The van der Waals surface area contributed by atoms with Crippen molar-refractivity contribution in [3.8, 4) is 0 Å². The van der Waals surface area contributed by atoms with E-state index >= 15 is 0 Å². The summed E-state index contributed by atoms with van der Waals surface area (Å²) in [6.07, 6.45) is 1.58. The average molecular weight is 226 g/mol. The van der Waals surface area contributed by atoms with Crippen LogP contribution in [0.4, 0.5) is 0 Å². The summed E-state index contributed by atoms with van der Waals surface area (Å²) in [4.78, 5) is 15.3.